The van der Waals surface area contributed by atoms with Crippen molar-refractivity contribution in [3.63, 3.8) is 0 Å². The van der Waals surface area contributed by atoms with Crippen molar-refractivity contribution in [3.8, 4) is 5.69 Å². The molecule has 0 spiro atoms. The van der Waals surface area contributed by atoms with E-state index in [4.69, 9.17) is 4.98 Å². The highest BCUT2D eigenvalue weighted by molar-refractivity contribution is 9.10. The molecule has 0 radical (unpaired) electrons. The smallest absolute Gasteiger partial charge is 0.310 e. The fourth-order valence-corrected chi connectivity index (χ4v) is 4.98. The molecular weight excluding hydrogens is 552 g/mol. The van der Waals surface area contributed by atoms with Crippen LogP contribution in [0.15, 0.2) is 106 Å². The summed E-state index contributed by atoms with van der Waals surface area (Å²) >= 11 is 3.52. The number of benzene rings is 4. The summed E-state index contributed by atoms with van der Waals surface area (Å²) in [4.78, 5) is 34.5. The molecule has 1 unspecified atom stereocenters. The summed E-state index contributed by atoms with van der Waals surface area (Å²) in [6.07, 6.45) is 0. The molecule has 2 amide bonds. The maximum Gasteiger partial charge on any atom is 0.322 e. The molecule has 1 atom stereocenters. The molecule has 5 aromatic rings. The second-order valence-electron chi connectivity index (χ2n) is 9.60. The second kappa shape index (κ2) is 11.3. The number of rotatable bonds is 6. The van der Waals surface area contributed by atoms with E-state index in [0.29, 0.717) is 34.6 Å². The van der Waals surface area contributed by atoms with Crippen molar-refractivity contribution in [3.05, 3.63) is 134 Å². The summed E-state index contributed by atoms with van der Waals surface area (Å²) in [6, 6.07) is 29.7. The molecule has 1 N–H and O–H groups in total. The van der Waals surface area contributed by atoms with Crippen LogP contribution in [0.3, 0.4) is 0 Å². The highest BCUT2D eigenvalue weighted by atomic mass is 79.9. The summed E-state index contributed by atoms with van der Waals surface area (Å²) in [7, 11) is 0. The summed E-state index contributed by atoms with van der Waals surface area (Å²) in [5.74, 6) is 0.486. The van der Waals surface area contributed by atoms with Crippen LogP contribution in [-0.2, 0) is 6.54 Å². The maximum absolute atomic E-state index is 13.9. The van der Waals surface area contributed by atoms with Crippen LogP contribution in [0.2, 0.25) is 0 Å². The Bertz CT molecular complexity index is 1720. The third-order valence-corrected chi connectivity index (χ3v) is 7.66. The van der Waals surface area contributed by atoms with Crippen molar-refractivity contribution in [1.82, 2.24) is 14.5 Å². The summed E-state index contributed by atoms with van der Waals surface area (Å²) < 4.78 is 2.42. The van der Waals surface area contributed by atoms with E-state index in [-0.39, 0.29) is 11.6 Å². The maximum atomic E-state index is 13.9. The number of hydrogen-bond acceptors (Lipinski definition) is 3. The van der Waals surface area contributed by atoms with Gasteiger partial charge in [-0.1, -0.05) is 60.7 Å². The van der Waals surface area contributed by atoms with Crippen LogP contribution in [0.5, 0.6) is 0 Å². The molecule has 1 heterocycles. The highest BCUT2D eigenvalue weighted by Gasteiger charge is 2.28. The number of halogens is 1. The van der Waals surface area contributed by atoms with Crippen LogP contribution < -0.4 is 10.9 Å². The van der Waals surface area contributed by atoms with Gasteiger partial charge in [0.15, 0.2) is 0 Å². The molecule has 39 heavy (non-hydrogen) atoms. The van der Waals surface area contributed by atoms with E-state index >= 15 is 0 Å². The number of carbonyl (C=O) groups excluding carboxylic acids is 1. The van der Waals surface area contributed by atoms with E-state index in [1.54, 1.807) is 15.5 Å². The van der Waals surface area contributed by atoms with Crippen LogP contribution in [-0.4, -0.2) is 20.5 Å². The Balaban J connectivity index is 1.67. The van der Waals surface area contributed by atoms with E-state index in [2.05, 4.69) is 21.2 Å². The first-order chi connectivity index (χ1) is 18.8. The number of anilines is 1. The zero-order valence-electron chi connectivity index (χ0n) is 22.1. The SMILES string of the molecule is Cc1ccc(-n2c(C(C)N(Cc3ccccc3)C(=O)Nc3ccccc3Br)nc3ccccc3c2=O)cc1C. The number of fused-ring (bicyclic) bond motifs is 1. The largest absolute Gasteiger partial charge is 0.322 e. The first-order valence-electron chi connectivity index (χ1n) is 12.8. The fraction of sp³-hybridized carbons (Fsp3) is 0.156. The first-order valence-corrected chi connectivity index (χ1v) is 13.6. The van der Waals surface area contributed by atoms with Gasteiger partial charge < -0.3 is 10.2 Å². The van der Waals surface area contributed by atoms with E-state index in [1.165, 1.54) is 0 Å². The molecule has 5 rings (SSSR count). The lowest BCUT2D eigenvalue weighted by atomic mass is 10.1. The van der Waals surface area contributed by atoms with Gasteiger partial charge in [0, 0.05) is 11.0 Å². The molecule has 0 aliphatic rings. The molecule has 4 aromatic carbocycles. The van der Waals surface area contributed by atoms with Crippen molar-refractivity contribution >= 4 is 38.6 Å². The third kappa shape index (κ3) is 5.49. The number of aromatic nitrogens is 2. The van der Waals surface area contributed by atoms with Gasteiger partial charge in [-0.25, -0.2) is 9.78 Å². The topological polar surface area (TPSA) is 67.2 Å². The molecule has 0 bridgehead atoms. The van der Waals surface area contributed by atoms with Crippen LogP contribution in [0.4, 0.5) is 10.5 Å². The minimum Gasteiger partial charge on any atom is -0.310 e. The van der Waals surface area contributed by atoms with Crippen molar-refractivity contribution < 1.29 is 4.79 Å². The summed E-state index contributed by atoms with van der Waals surface area (Å²) in [6.45, 7) is 6.30. The van der Waals surface area contributed by atoms with Crippen LogP contribution in [0, 0.1) is 13.8 Å². The molecule has 0 saturated heterocycles. The van der Waals surface area contributed by atoms with Crippen molar-refractivity contribution in [2.45, 2.75) is 33.4 Å². The predicted octanol–water partition coefficient (Wildman–Crippen LogP) is 7.56. The van der Waals surface area contributed by atoms with Crippen molar-refractivity contribution in [2.75, 3.05) is 5.32 Å². The number of carbonyl (C=O) groups is 1. The minimum absolute atomic E-state index is 0.170. The van der Waals surface area contributed by atoms with E-state index in [1.807, 2.05) is 112 Å². The predicted molar refractivity (Wildman–Crippen MR) is 160 cm³/mol. The number of aryl methyl sites for hydroxylation is 2. The minimum atomic E-state index is -0.549. The Morgan fingerprint density at radius 2 is 1.62 bits per heavy atom. The van der Waals surface area contributed by atoms with Gasteiger partial charge in [0.2, 0.25) is 0 Å². The van der Waals surface area contributed by atoms with Gasteiger partial charge in [-0.3, -0.25) is 9.36 Å². The molecule has 7 heteroatoms. The number of hydrogen-bond donors (Lipinski definition) is 1. The van der Waals surface area contributed by atoms with Gasteiger partial charge in [0.1, 0.15) is 5.82 Å². The van der Waals surface area contributed by atoms with E-state index in [0.717, 1.165) is 21.2 Å². The lowest BCUT2D eigenvalue weighted by Gasteiger charge is -2.31. The molecule has 0 fully saturated rings. The normalized spacial score (nSPS) is 11.8. The Morgan fingerprint density at radius 3 is 2.36 bits per heavy atom. The van der Waals surface area contributed by atoms with Crippen LogP contribution >= 0.6 is 15.9 Å². The standard InChI is InChI=1S/C32H29BrN4O2/c1-21-17-18-25(19-22(21)2)37-30(34-28-15-9-7-13-26(28)31(37)38)23(3)36(20-24-11-5-4-6-12-24)32(39)35-29-16-10-8-14-27(29)33/h4-19,23H,20H2,1-3H3,(H,35,39). The van der Waals surface area contributed by atoms with Crippen molar-refractivity contribution in [1.29, 1.82) is 0 Å². The zero-order valence-corrected chi connectivity index (χ0v) is 23.6. The fourth-order valence-electron chi connectivity index (χ4n) is 4.60. The number of amides is 2. The average molecular weight is 582 g/mol. The monoisotopic (exact) mass is 580 g/mol. The molecule has 0 aliphatic carbocycles. The number of nitrogens with one attached hydrogen (secondary N) is 1. The van der Waals surface area contributed by atoms with Gasteiger partial charge in [-0.2, -0.15) is 0 Å². The van der Waals surface area contributed by atoms with Gasteiger partial charge in [-0.05, 0) is 89.8 Å². The van der Waals surface area contributed by atoms with Gasteiger partial charge in [-0.15, -0.1) is 0 Å². The summed E-state index contributed by atoms with van der Waals surface area (Å²) in [5.41, 5.74) is 4.96. The highest BCUT2D eigenvalue weighted by Crippen LogP contribution is 2.28. The Labute approximate surface area is 236 Å². The first kappa shape index (κ1) is 26.4. The number of para-hydroxylation sites is 2. The Kier molecular flexibility index (Phi) is 7.61. The molecule has 196 valence electrons. The molecular formula is C32H29BrN4O2. The molecule has 6 nitrogen and oxygen atoms in total. The van der Waals surface area contributed by atoms with Crippen molar-refractivity contribution in [2.24, 2.45) is 0 Å². The quantitative estimate of drug-likeness (QED) is 0.225. The lowest BCUT2D eigenvalue weighted by Crippen LogP contribution is -2.39. The Morgan fingerprint density at radius 1 is 0.923 bits per heavy atom. The second-order valence-corrected chi connectivity index (χ2v) is 10.5. The zero-order chi connectivity index (χ0) is 27.5. The average Bonchev–Trinajstić information content (AvgIpc) is 2.94. The molecule has 0 aliphatic heterocycles. The van der Waals surface area contributed by atoms with Gasteiger partial charge in [0.25, 0.3) is 5.56 Å². The van der Waals surface area contributed by atoms with Crippen LogP contribution in [0.25, 0.3) is 16.6 Å². The Hall–Kier alpha value is -4.23. The van der Waals surface area contributed by atoms with Gasteiger partial charge >= 0.3 is 6.03 Å². The van der Waals surface area contributed by atoms with E-state index in [9.17, 15) is 9.59 Å². The molecule has 0 saturated carbocycles. The summed E-state index contributed by atoms with van der Waals surface area (Å²) in [5, 5.41) is 3.56. The number of nitrogens with zero attached hydrogens (tertiary/aromatic N) is 3. The van der Waals surface area contributed by atoms with Crippen LogP contribution in [0.1, 0.15) is 35.5 Å². The van der Waals surface area contributed by atoms with E-state index < -0.39 is 6.04 Å². The molecule has 1 aromatic heterocycles. The number of urea groups is 1. The third-order valence-electron chi connectivity index (χ3n) is 6.96. The van der Waals surface area contributed by atoms with Gasteiger partial charge in [0.05, 0.1) is 28.3 Å². The lowest BCUT2D eigenvalue weighted by molar-refractivity contribution is 0.185.